The average Bonchev–Trinajstić information content (AvgIpc) is 2.96. The molecule has 0 bridgehead atoms. The number of nitrogens with one attached hydrogen (secondary N) is 2. The Labute approximate surface area is 128 Å². The summed E-state index contributed by atoms with van der Waals surface area (Å²) in [5.74, 6) is 6.41. The van der Waals surface area contributed by atoms with Gasteiger partial charge in [-0.15, -0.1) is 0 Å². The number of nitrogen functional groups attached to an aromatic ring is 1. The number of benzene rings is 1. The summed E-state index contributed by atoms with van der Waals surface area (Å²) in [5, 5.41) is 12.3. The van der Waals surface area contributed by atoms with Crippen LogP contribution in [0.15, 0.2) is 41.3 Å². The van der Waals surface area contributed by atoms with Gasteiger partial charge in [0.05, 0.1) is 17.4 Å². The summed E-state index contributed by atoms with van der Waals surface area (Å²) < 4.78 is 2.64. The summed E-state index contributed by atoms with van der Waals surface area (Å²) in [4.78, 5) is 8.58. The molecule has 2 aromatic heterocycles. The number of fused-ring (bicyclic) bond motifs is 1. The molecule has 0 unspecified atom stereocenters. The summed E-state index contributed by atoms with van der Waals surface area (Å²) in [6, 6.07) is 7.47. The van der Waals surface area contributed by atoms with Gasteiger partial charge in [0.15, 0.2) is 17.3 Å². The highest BCUT2D eigenvalue weighted by atomic mass is 79.9. The lowest BCUT2D eigenvalue weighted by Gasteiger charge is -2.10. The third kappa shape index (κ3) is 2.52. The van der Waals surface area contributed by atoms with Gasteiger partial charge in [-0.25, -0.2) is 15.8 Å². The van der Waals surface area contributed by atoms with Crippen molar-refractivity contribution in [3.8, 4) is 6.07 Å². The maximum Gasteiger partial charge on any atom is 0.180 e. The lowest BCUT2D eigenvalue weighted by atomic mass is 10.2. The number of nitriles is 1. The van der Waals surface area contributed by atoms with E-state index in [1.807, 2.05) is 6.07 Å². The monoisotopic (exact) mass is 343 g/mol. The number of halogens is 1. The van der Waals surface area contributed by atoms with Crippen molar-refractivity contribution in [3.05, 3.63) is 46.8 Å². The Bertz CT molecular complexity index is 849. The van der Waals surface area contributed by atoms with Gasteiger partial charge in [0.2, 0.25) is 0 Å². The summed E-state index contributed by atoms with van der Waals surface area (Å²) in [6.45, 7) is 0. The van der Waals surface area contributed by atoms with E-state index in [9.17, 15) is 5.26 Å². The molecule has 0 spiro atoms. The lowest BCUT2D eigenvalue weighted by Crippen LogP contribution is -2.11. The van der Waals surface area contributed by atoms with Gasteiger partial charge < -0.3 is 15.1 Å². The Balaban J connectivity index is 2.12. The Morgan fingerprint density at radius 1 is 1.38 bits per heavy atom. The molecule has 0 aliphatic heterocycles. The van der Waals surface area contributed by atoms with Gasteiger partial charge >= 0.3 is 0 Å². The Hall–Kier alpha value is -2.63. The van der Waals surface area contributed by atoms with Crippen LogP contribution < -0.4 is 16.6 Å². The highest BCUT2D eigenvalue weighted by Crippen LogP contribution is 2.26. The summed E-state index contributed by atoms with van der Waals surface area (Å²) >= 11 is 3.39. The molecular weight excluding hydrogens is 334 g/mol. The topological polar surface area (TPSA) is 104 Å². The summed E-state index contributed by atoms with van der Waals surface area (Å²) in [7, 11) is 0. The van der Waals surface area contributed by atoms with Crippen LogP contribution in [0.25, 0.3) is 5.65 Å². The van der Waals surface area contributed by atoms with E-state index in [1.165, 1.54) is 0 Å². The quantitative estimate of drug-likeness (QED) is 0.498. The molecule has 4 N–H and O–H groups in total. The zero-order valence-corrected chi connectivity index (χ0v) is 12.3. The van der Waals surface area contributed by atoms with Crippen LogP contribution >= 0.6 is 15.9 Å². The second kappa shape index (κ2) is 5.40. The van der Waals surface area contributed by atoms with Gasteiger partial charge in [-0.05, 0) is 18.2 Å². The predicted molar refractivity (Wildman–Crippen MR) is 82.9 cm³/mol. The van der Waals surface area contributed by atoms with Crippen molar-refractivity contribution in [1.82, 2.24) is 14.4 Å². The second-order valence-electron chi connectivity index (χ2n) is 4.20. The predicted octanol–water partition coefficient (Wildman–Crippen LogP) is 2.39. The van der Waals surface area contributed by atoms with Gasteiger partial charge in [0.1, 0.15) is 6.07 Å². The van der Waals surface area contributed by atoms with Crippen molar-refractivity contribution in [2.24, 2.45) is 5.84 Å². The van der Waals surface area contributed by atoms with E-state index in [1.54, 1.807) is 35.1 Å². The molecule has 0 aliphatic rings. The van der Waals surface area contributed by atoms with Crippen molar-refractivity contribution < 1.29 is 0 Å². The number of nitrogens with two attached hydrogens (primary N) is 1. The minimum absolute atomic E-state index is 0.483. The van der Waals surface area contributed by atoms with Crippen LogP contribution in [0.1, 0.15) is 5.56 Å². The Morgan fingerprint density at radius 2 is 2.24 bits per heavy atom. The zero-order valence-electron chi connectivity index (χ0n) is 10.7. The molecule has 0 aliphatic carbocycles. The molecule has 8 heteroatoms. The normalized spacial score (nSPS) is 10.3. The molecule has 0 saturated heterocycles. The van der Waals surface area contributed by atoms with Crippen molar-refractivity contribution in [2.75, 3.05) is 10.7 Å². The maximum atomic E-state index is 9.18. The number of rotatable bonds is 3. The van der Waals surface area contributed by atoms with E-state index in [-0.39, 0.29) is 0 Å². The van der Waals surface area contributed by atoms with Crippen LogP contribution in [0.2, 0.25) is 0 Å². The number of hydrazine groups is 1. The fraction of sp³-hybridized carbons (Fsp3) is 0. The first kappa shape index (κ1) is 13.4. The third-order valence-electron chi connectivity index (χ3n) is 2.88. The Morgan fingerprint density at radius 3 is 3.00 bits per heavy atom. The highest BCUT2D eigenvalue weighted by Gasteiger charge is 2.10. The van der Waals surface area contributed by atoms with Gasteiger partial charge in [0.25, 0.3) is 0 Å². The number of hydrogen-bond acceptors (Lipinski definition) is 6. The molecular formula is C13H10BrN7. The number of imidazole rings is 1. The SMILES string of the molecule is N#Cc1ccc(Br)cc1Nc1nc(NN)cn2ccnc12. The first-order chi connectivity index (χ1) is 10.2. The van der Waals surface area contributed by atoms with Crippen LogP contribution in [0.4, 0.5) is 17.3 Å². The van der Waals surface area contributed by atoms with Crippen molar-refractivity contribution >= 4 is 38.9 Å². The number of aromatic nitrogens is 3. The number of anilines is 3. The van der Waals surface area contributed by atoms with Gasteiger partial charge in [-0.1, -0.05) is 15.9 Å². The first-order valence-electron chi connectivity index (χ1n) is 5.98. The molecule has 0 radical (unpaired) electrons. The summed E-state index contributed by atoms with van der Waals surface area (Å²) in [5.41, 5.74) is 4.29. The standard InChI is InChI=1S/C13H10BrN7/c14-9-2-1-8(6-15)10(5-9)18-12-13-17-3-4-21(13)7-11(19-12)20-16/h1-5,7,20H,16H2,(H,18,19). The van der Waals surface area contributed by atoms with Crippen LogP contribution in [0.3, 0.4) is 0 Å². The Kier molecular flexibility index (Phi) is 3.43. The van der Waals surface area contributed by atoms with Crippen LogP contribution in [-0.2, 0) is 0 Å². The molecule has 3 aromatic rings. The summed E-state index contributed by atoms with van der Waals surface area (Å²) in [6.07, 6.45) is 5.17. The average molecular weight is 344 g/mol. The molecule has 2 heterocycles. The van der Waals surface area contributed by atoms with Crippen LogP contribution in [-0.4, -0.2) is 14.4 Å². The minimum atomic E-state index is 0.483. The van der Waals surface area contributed by atoms with E-state index < -0.39 is 0 Å². The molecule has 3 rings (SSSR count). The molecule has 1 aromatic carbocycles. The van der Waals surface area contributed by atoms with E-state index in [4.69, 9.17) is 5.84 Å². The van der Waals surface area contributed by atoms with Gasteiger partial charge in [0, 0.05) is 16.9 Å². The van der Waals surface area contributed by atoms with E-state index >= 15 is 0 Å². The molecule has 104 valence electrons. The van der Waals surface area contributed by atoms with Crippen molar-refractivity contribution in [2.45, 2.75) is 0 Å². The van der Waals surface area contributed by atoms with Crippen molar-refractivity contribution in [3.63, 3.8) is 0 Å². The fourth-order valence-electron chi connectivity index (χ4n) is 1.93. The molecule has 0 atom stereocenters. The van der Waals surface area contributed by atoms with Gasteiger partial charge in [-0.3, -0.25) is 0 Å². The smallest absolute Gasteiger partial charge is 0.180 e. The molecule has 7 nitrogen and oxygen atoms in total. The largest absolute Gasteiger partial charge is 0.336 e. The second-order valence-corrected chi connectivity index (χ2v) is 5.12. The fourth-order valence-corrected chi connectivity index (χ4v) is 2.29. The van der Waals surface area contributed by atoms with Crippen LogP contribution in [0, 0.1) is 11.3 Å². The number of nitrogens with zero attached hydrogens (tertiary/aromatic N) is 4. The molecule has 0 fully saturated rings. The highest BCUT2D eigenvalue weighted by molar-refractivity contribution is 9.10. The molecule has 0 saturated carbocycles. The lowest BCUT2D eigenvalue weighted by molar-refractivity contribution is 1.11. The third-order valence-corrected chi connectivity index (χ3v) is 3.37. The number of hydrogen-bond donors (Lipinski definition) is 3. The van der Waals surface area contributed by atoms with E-state index in [0.717, 1.165) is 4.47 Å². The minimum Gasteiger partial charge on any atom is -0.336 e. The molecule has 21 heavy (non-hydrogen) atoms. The zero-order chi connectivity index (χ0) is 14.8. The van der Waals surface area contributed by atoms with Crippen LogP contribution in [0.5, 0.6) is 0 Å². The van der Waals surface area contributed by atoms with Gasteiger partial charge in [-0.2, -0.15) is 5.26 Å². The van der Waals surface area contributed by atoms with Crippen molar-refractivity contribution in [1.29, 1.82) is 5.26 Å². The van der Waals surface area contributed by atoms with E-state index in [0.29, 0.717) is 28.5 Å². The van der Waals surface area contributed by atoms with E-state index in [2.05, 4.69) is 42.7 Å². The first-order valence-corrected chi connectivity index (χ1v) is 6.77. The molecule has 0 amide bonds. The maximum absolute atomic E-state index is 9.18.